The van der Waals surface area contributed by atoms with Gasteiger partial charge in [0.1, 0.15) is 10.8 Å². The zero-order valence-corrected chi connectivity index (χ0v) is 20.0. The van der Waals surface area contributed by atoms with E-state index in [0.717, 1.165) is 43.7 Å². The highest BCUT2D eigenvalue weighted by molar-refractivity contribution is 7.16. The summed E-state index contributed by atoms with van der Waals surface area (Å²) in [5, 5.41) is 7.56. The normalized spacial score (nSPS) is 12.9. The van der Waals surface area contributed by atoms with Crippen molar-refractivity contribution in [3.8, 4) is 11.5 Å². The minimum Gasteiger partial charge on any atom is -0.454 e. The van der Waals surface area contributed by atoms with E-state index >= 15 is 0 Å². The molecule has 1 amide bonds. The Kier molecular flexibility index (Phi) is 5.94. The van der Waals surface area contributed by atoms with Gasteiger partial charge in [-0.2, -0.15) is 0 Å². The number of carbonyl (C=O) groups excluding carboxylic acids is 1. The number of nitrogens with zero attached hydrogens (tertiary/aromatic N) is 1. The Labute approximate surface area is 202 Å². The van der Waals surface area contributed by atoms with Gasteiger partial charge in [-0.05, 0) is 73.9 Å². The summed E-state index contributed by atoms with van der Waals surface area (Å²) in [4.78, 5) is 18.7. The molecule has 3 heterocycles. The van der Waals surface area contributed by atoms with Crippen molar-refractivity contribution in [2.24, 2.45) is 0 Å². The molecule has 1 aliphatic rings. The van der Waals surface area contributed by atoms with Crippen LogP contribution in [0.25, 0.3) is 0 Å². The molecular formula is C27H25N3O3S. The molecule has 2 aromatic heterocycles. The molecule has 1 atom stereocenters. The molecule has 34 heavy (non-hydrogen) atoms. The van der Waals surface area contributed by atoms with Gasteiger partial charge < -0.3 is 20.1 Å². The maximum Gasteiger partial charge on any atom is 0.256 e. The fourth-order valence-corrected chi connectivity index (χ4v) is 5.12. The van der Waals surface area contributed by atoms with Crippen molar-refractivity contribution in [2.75, 3.05) is 17.4 Å². The fourth-order valence-electron chi connectivity index (χ4n) is 4.03. The second-order valence-corrected chi connectivity index (χ2v) is 9.48. The Hall–Kier alpha value is -3.84. The van der Waals surface area contributed by atoms with Gasteiger partial charge in [0.25, 0.3) is 5.91 Å². The Morgan fingerprint density at radius 3 is 2.59 bits per heavy atom. The number of hydrogen-bond acceptors (Lipinski definition) is 6. The van der Waals surface area contributed by atoms with Gasteiger partial charge in [0, 0.05) is 22.2 Å². The molecule has 1 aliphatic heterocycles. The van der Waals surface area contributed by atoms with Crippen molar-refractivity contribution in [3.05, 3.63) is 99.6 Å². The Bertz CT molecular complexity index is 1350. The van der Waals surface area contributed by atoms with Crippen molar-refractivity contribution < 1.29 is 14.3 Å². The highest BCUT2D eigenvalue weighted by atomic mass is 32.1. The van der Waals surface area contributed by atoms with E-state index < -0.39 is 0 Å². The van der Waals surface area contributed by atoms with Crippen LogP contribution in [0.2, 0.25) is 0 Å². The van der Waals surface area contributed by atoms with Crippen LogP contribution < -0.4 is 20.1 Å². The summed E-state index contributed by atoms with van der Waals surface area (Å²) in [6.07, 6.45) is 1.79. The molecular weight excluding hydrogens is 446 g/mol. The summed E-state index contributed by atoms with van der Waals surface area (Å²) < 4.78 is 11.2. The maximum atomic E-state index is 13.0. The van der Waals surface area contributed by atoms with Crippen molar-refractivity contribution in [1.82, 2.24) is 4.98 Å². The summed E-state index contributed by atoms with van der Waals surface area (Å²) in [5.74, 6) is 2.06. The number of carbonyl (C=O) groups is 1. The van der Waals surface area contributed by atoms with Crippen LogP contribution in [0.15, 0.2) is 66.9 Å². The van der Waals surface area contributed by atoms with Gasteiger partial charge in [0.15, 0.2) is 11.5 Å². The summed E-state index contributed by atoms with van der Waals surface area (Å²) in [5.41, 5.74) is 4.84. The summed E-state index contributed by atoms with van der Waals surface area (Å²) in [6.45, 7) is 6.41. The first-order valence-electron chi connectivity index (χ1n) is 11.0. The zero-order valence-electron chi connectivity index (χ0n) is 19.2. The first-order valence-corrected chi connectivity index (χ1v) is 11.9. The Balaban J connectivity index is 1.59. The first kappa shape index (κ1) is 22.0. The van der Waals surface area contributed by atoms with Crippen LogP contribution >= 0.6 is 11.3 Å². The number of thiophene rings is 1. The van der Waals surface area contributed by atoms with Crippen molar-refractivity contribution >= 4 is 28.1 Å². The third-order valence-corrected chi connectivity index (χ3v) is 7.06. The van der Waals surface area contributed by atoms with Crippen LogP contribution in [-0.4, -0.2) is 17.7 Å². The largest absolute Gasteiger partial charge is 0.454 e. The minimum absolute atomic E-state index is 0.138. The lowest BCUT2D eigenvalue weighted by Gasteiger charge is -2.23. The van der Waals surface area contributed by atoms with Crippen molar-refractivity contribution in [1.29, 1.82) is 0 Å². The number of pyridine rings is 1. The molecule has 0 aliphatic carbocycles. The van der Waals surface area contributed by atoms with Crippen LogP contribution in [0.5, 0.6) is 11.5 Å². The number of rotatable bonds is 6. The number of nitrogens with one attached hydrogen (secondary N) is 2. The van der Waals surface area contributed by atoms with Crippen molar-refractivity contribution in [3.63, 3.8) is 0 Å². The standard InChI is InChI=1S/C27H25N3O3S/c1-16-11-12-28-23(13-16)29-25(20-9-10-21-22(14-20)33-15-32-21)24-17(2)18(3)34-27(24)30-26(31)19-7-5-4-6-8-19/h4-14,25H,15H2,1-3H3,(H,28,29)(H,30,31). The van der Waals surface area contributed by atoms with Crippen LogP contribution in [0.4, 0.5) is 10.8 Å². The van der Waals surface area contributed by atoms with Crippen LogP contribution in [0.1, 0.15) is 43.5 Å². The molecule has 172 valence electrons. The van der Waals surface area contributed by atoms with E-state index in [1.807, 2.05) is 67.6 Å². The average Bonchev–Trinajstić information content (AvgIpc) is 3.42. The second-order valence-electron chi connectivity index (χ2n) is 8.25. The maximum absolute atomic E-state index is 13.0. The number of anilines is 2. The third-order valence-electron chi connectivity index (χ3n) is 5.92. The Morgan fingerprint density at radius 2 is 1.79 bits per heavy atom. The topological polar surface area (TPSA) is 72.5 Å². The highest BCUT2D eigenvalue weighted by Gasteiger charge is 2.27. The van der Waals surface area contributed by atoms with Crippen LogP contribution in [0, 0.1) is 20.8 Å². The van der Waals surface area contributed by atoms with Gasteiger partial charge in [-0.1, -0.05) is 24.3 Å². The molecule has 1 unspecified atom stereocenters. The molecule has 7 heteroatoms. The number of hydrogen-bond donors (Lipinski definition) is 2. The molecule has 0 spiro atoms. The van der Waals surface area contributed by atoms with E-state index in [2.05, 4.69) is 29.5 Å². The molecule has 5 rings (SSSR count). The highest BCUT2D eigenvalue weighted by Crippen LogP contribution is 2.43. The summed E-state index contributed by atoms with van der Waals surface area (Å²) in [6, 6.07) is 18.9. The van der Waals surface area contributed by atoms with Gasteiger partial charge in [0.05, 0.1) is 6.04 Å². The number of aryl methyl sites for hydroxylation is 2. The second kappa shape index (κ2) is 9.19. The zero-order chi connectivity index (χ0) is 23.7. The lowest BCUT2D eigenvalue weighted by Crippen LogP contribution is -2.18. The number of aromatic nitrogens is 1. The summed E-state index contributed by atoms with van der Waals surface area (Å²) >= 11 is 1.58. The van der Waals surface area contributed by atoms with E-state index in [4.69, 9.17) is 9.47 Å². The number of amides is 1. The average molecular weight is 472 g/mol. The van der Waals surface area contributed by atoms with Crippen molar-refractivity contribution in [2.45, 2.75) is 26.8 Å². The van der Waals surface area contributed by atoms with Crippen LogP contribution in [0.3, 0.4) is 0 Å². The molecule has 0 saturated heterocycles. The van der Waals surface area contributed by atoms with E-state index in [0.29, 0.717) is 11.3 Å². The molecule has 0 bridgehead atoms. The molecule has 0 fully saturated rings. The fraction of sp³-hybridized carbons (Fsp3) is 0.185. The van der Waals surface area contributed by atoms with E-state index in [-0.39, 0.29) is 18.7 Å². The van der Waals surface area contributed by atoms with Gasteiger partial charge >= 0.3 is 0 Å². The summed E-state index contributed by atoms with van der Waals surface area (Å²) in [7, 11) is 0. The van der Waals surface area contributed by atoms with E-state index in [9.17, 15) is 4.79 Å². The molecule has 4 aromatic rings. The van der Waals surface area contributed by atoms with Gasteiger partial charge in [-0.15, -0.1) is 11.3 Å². The minimum atomic E-state index is -0.264. The number of fused-ring (bicyclic) bond motifs is 1. The quantitative estimate of drug-likeness (QED) is 0.348. The molecule has 0 radical (unpaired) electrons. The molecule has 0 saturated carbocycles. The predicted molar refractivity (Wildman–Crippen MR) is 135 cm³/mol. The SMILES string of the molecule is Cc1ccnc(NC(c2ccc3c(c2)OCO3)c2c(NC(=O)c3ccccc3)sc(C)c2C)c1. The molecule has 2 aromatic carbocycles. The number of ether oxygens (including phenoxy) is 2. The van der Waals surface area contributed by atoms with Gasteiger partial charge in [0.2, 0.25) is 6.79 Å². The number of benzene rings is 2. The Morgan fingerprint density at radius 1 is 1.00 bits per heavy atom. The molecule has 6 nitrogen and oxygen atoms in total. The first-order chi connectivity index (χ1) is 16.5. The lowest BCUT2D eigenvalue weighted by molar-refractivity contribution is 0.102. The van der Waals surface area contributed by atoms with E-state index in [1.54, 1.807) is 17.5 Å². The third kappa shape index (κ3) is 4.34. The monoisotopic (exact) mass is 471 g/mol. The lowest BCUT2D eigenvalue weighted by atomic mass is 9.96. The molecule has 2 N–H and O–H groups in total. The van der Waals surface area contributed by atoms with E-state index in [1.165, 1.54) is 0 Å². The predicted octanol–water partition coefficient (Wildman–Crippen LogP) is 6.25. The van der Waals surface area contributed by atoms with Crippen LogP contribution in [-0.2, 0) is 0 Å². The smallest absolute Gasteiger partial charge is 0.256 e. The van der Waals surface area contributed by atoms with Gasteiger partial charge in [-0.3, -0.25) is 4.79 Å². The van der Waals surface area contributed by atoms with Gasteiger partial charge in [-0.25, -0.2) is 4.98 Å².